The van der Waals surface area contributed by atoms with Crippen molar-refractivity contribution in [2.45, 2.75) is 38.5 Å². The van der Waals surface area contributed by atoms with E-state index in [0.717, 1.165) is 17.6 Å². The van der Waals surface area contributed by atoms with E-state index in [1.54, 1.807) is 30.5 Å². The molecule has 134 valence electrons. The monoisotopic (exact) mass is 351 g/mol. The standard InChI is InChI=1S/C20H21N3O3/c24-20(25)23-11-9-15-13-16(6-7-17(15)23)26-19-8-10-21-18(22-19)12-14-4-2-1-3-5-14/h6-11,13-14H,1-5,12H2,(H,24,25). The average molecular weight is 351 g/mol. The Morgan fingerprint density at radius 3 is 2.85 bits per heavy atom. The van der Waals surface area contributed by atoms with Gasteiger partial charge in [-0.05, 0) is 30.2 Å². The lowest BCUT2D eigenvalue weighted by Gasteiger charge is -2.20. The first-order valence-electron chi connectivity index (χ1n) is 9.03. The van der Waals surface area contributed by atoms with Gasteiger partial charge in [-0.1, -0.05) is 32.1 Å². The van der Waals surface area contributed by atoms with E-state index in [0.29, 0.717) is 23.1 Å². The third-order valence-corrected chi connectivity index (χ3v) is 4.97. The largest absolute Gasteiger partial charge is 0.464 e. The van der Waals surface area contributed by atoms with Gasteiger partial charge in [-0.25, -0.2) is 9.78 Å². The minimum atomic E-state index is -1.00. The van der Waals surface area contributed by atoms with Gasteiger partial charge >= 0.3 is 6.09 Å². The van der Waals surface area contributed by atoms with Crippen LogP contribution < -0.4 is 4.74 Å². The first-order chi connectivity index (χ1) is 12.7. The van der Waals surface area contributed by atoms with Crippen LogP contribution in [-0.4, -0.2) is 25.7 Å². The Kier molecular flexibility index (Phi) is 4.56. The summed E-state index contributed by atoms with van der Waals surface area (Å²) in [5, 5.41) is 9.96. The normalized spacial score (nSPS) is 15.2. The lowest BCUT2D eigenvalue weighted by atomic mass is 9.87. The fraction of sp³-hybridized carbons (Fsp3) is 0.350. The van der Waals surface area contributed by atoms with Gasteiger partial charge in [0.15, 0.2) is 0 Å². The van der Waals surface area contributed by atoms with Crippen molar-refractivity contribution in [1.29, 1.82) is 0 Å². The zero-order valence-corrected chi connectivity index (χ0v) is 14.5. The van der Waals surface area contributed by atoms with Crippen LogP contribution in [0.4, 0.5) is 4.79 Å². The Morgan fingerprint density at radius 2 is 2.04 bits per heavy atom. The number of aromatic nitrogens is 3. The van der Waals surface area contributed by atoms with Crippen molar-refractivity contribution in [1.82, 2.24) is 14.5 Å². The Labute approximate surface area is 151 Å². The van der Waals surface area contributed by atoms with Crippen LogP contribution in [0.25, 0.3) is 10.9 Å². The van der Waals surface area contributed by atoms with Crippen LogP contribution in [-0.2, 0) is 6.42 Å². The molecule has 0 bridgehead atoms. The molecule has 2 aromatic heterocycles. The van der Waals surface area contributed by atoms with Crippen LogP contribution >= 0.6 is 0 Å². The smallest absolute Gasteiger partial charge is 0.415 e. The molecule has 3 aromatic rings. The number of nitrogens with zero attached hydrogens (tertiary/aromatic N) is 3. The van der Waals surface area contributed by atoms with E-state index in [2.05, 4.69) is 9.97 Å². The third-order valence-electron chi connectivity index (χ3n) is 4.97. The summed E-state index contributed by atoms with van der Waals surface area (Å²) < 4.78 is 7.06. The summed E-state index contributed by atoms with van der Waals surface area (Å²) in [4.78, 5) is 20.1. The Hall–Kier alpha value is -2.89. The maximum atomic E-state index is 11.2. The molecule has 2 heterocycles. The summed E-state index contributed by atoms with van der Waals surface area (Å²) in [6.45, 7) is 0. The van der Waals surface area contributed by atoms with Crippen molar-refractivity contribution in [3.05, 3.63) is 48.5 Å². The molecule has 1 aliphatic carbocycles. The van der Waals surface area contributed by atoms with Crippen molar-refractivity contribution >= 4 is 17.0 Å². The molecule has 0 unspecified atom stereocenters. The minimum Gasteiger partial charge on any atom is -0.464 e. The Bertz CT molecular complexity index is 929. The second-order valence-electron chi connectivity index (χ2n) is 6.81. The van der Waals surface area contributed by atoms with E-state index in [9.17, 15) is 4.79 Å². The predicted molar refractivity (Wildman–Crippen MR) is 97.7 cm³/mol. The van der Waals surface area contributed by atoms with E-state index in [4.69, 9.17) is 9.84 Å². The van der Waals surface area contributed by atoms with Gasteiger partial charge in [-0.3, -0.25) is 4.57 Å². The number of fused-ring (bicyclic) bond motifs is 1. The fourth-order valence-electron chi connectivity index (χ4n) is 3.66. The lowest BCUT2D eigenvalue weighted by molar-refractivity contribution is 0.197. The molecule has 0 amide bonds. The van der Waals surface area contributed by atoms with Gasteiger partial charge < -0.3 is 9.84 Å². The number of rotatable bonds is 4. The molecule has 6 nitrogen and oxygen atoms in total. The zero-order chi connectivity index (χ0) is 17.9. The van der Waals surface area contributed by atoms with Crippen molar-refractivity contribution < 1.29 is 14.6 Å². The van der Waals surface area contributed by atoms with Crippen LogP contribution in [0, 0.1) is 5.92 Å². The first-order valence-corrected chi connectivity index (χ1v) is 9.03. The summed E-state index contributed by atoms with van der Waals surface area (Å²) >= 11 is 0. The lowest BCUT2D eigenvalue weighted by Crippen LogP contribution is -2.11. The predicted octanol–water partition coefficient (Wildman–Crippen LogP) is 4.87. The quantitative estimate of drug-likeness (QED) is 0.725. The van der Waals surface area contributed by atoms with Gasteiger partial charge in [0, 0.05) is 30.3 Å². The maximum Gasteiger partial charge on any atom is 0.415 e. The molecule has 1 N–H and O–H groups in total. The molecule has 1 fully saturated rings. The number of carboxylic acid groups (broad SMARTS) is 1. The van der Waals surface area contributed by atoms with Crippen LogP contribution in [0.3, 0.4) is 0 Å². The molecule has 6 heteroatoms. The van der Waals surface area contributed by atoms with E-state index in [1.807, 2.05) is 6.07 Å². The molecule has 0 saturated heterocycles. The first kappa shape index (κ1) is 16.6. The molecule has 1 aliphatic rings. The van der Waals surface area contributed by atoms with Gasteiger partial charge in [0.1, 0.15) is 11.6 Å². The highest BCUT2D eigenvalue weighted by Crippen LogP contribution is 2.28. The van der Waals surface area contributed by atoms with Crippen molar-refractivity contribution in [2.75, 3.05) is 0 Å². The van der Waals surface area contributed by atoms with Gasteiger partial charge in [0.25, 0.3) is 0 Å². The molecule has 0 radical (unpaired) electrons. The van der Waals surface area contributed by atoms with Crippen LogP contribution in [0.5, 0.6) is 11.6 Å². The number of hydrogen-bond acceptors (Lipinski definition) is 4. The van der Waals surface area contributed by atoms with Gasteiger partial charge in [0.2, 0.25) is 5.88 Å². The maximum absolute atomic E-state index is 11.2. The average Bonchev–Trinajstić information content (AvgIpc) is 3.06. The SMILES string of the molecule is O=C(O)n1ccc2cc(Oc3ccnc(CC4CCCCC4)n3)ccc21. The van der Waals surface area contributed by atoms with Crippen LogP contribution in [0.15, 0.2) is 42.7 Å². The van der Waals surface area contributed by atoms with E-state index in [-0.39, 0.29) is 0 Å². The molecule has 0 atom stereocenters. The second kappa shape index (κ2) is 7.15. The van der Waals surface area contributed by atoms with Gasteiger partial charge in [-0.2, -0.15) is 4.98 Å². The molecular formula is C20H21N3O3. The third kappa shape index (κ3) is 3.54. The van der Waals surface area contributed by atoms with E-state index >= 15 is 0 Å². The minimum absolute atomic E-state index is 0.517. The summed E-state index contributed by atoms with van der Waals surface area (Å²) in [5.41, 5.74) is 0.630. The Morgan fingerprint density at radius 1 is 1.19 bits per heavy atom. The highest BCUT2D eigenvalue weighted by Gasteiger charge is 2.16. The Balaban J connectivity index is 1.50. The summed E-state index contributed by atoms with van der Waals surface area (Å²) in [5.74, 6) is 2.64. The zero-order valence-electron chi connectivity index (χ0n) is 14.5. The van der Waals surface area contributed by atoms with Gasteiger partial charge in [-0.15, -0.1) is 0 Å². The number of benzene rings is 1. The van der Waals surface area contributed by atoms with Crippen molar-refractivity contribution in [3.63, 3.8) is 0 Å². The van der Waals surface area contributed by atoms with E-state index in [1.165, 1.54) is 42.9 Å². The molecule has 0 aliphatic heterocycles. The van der Waals surface area contributed by atoms with Gasteiger partial charge in [0.05, 0.1) is 5.52 Å². The second-order valence-corrected chi connectivity index (χ2v) is 6.81. The molecule has 4 rings (SSSR count). The highest BCUT2D eigenvalue weighted by molar-refractivity contribution is 5.89. The van der Waals surface area contributed by atoms with Crippen LogP contribution in [0.1, 0.15) is 37.9 Å². The van der Waals surface area contributed by atoms with Crippen molar-refractivity contribution in [2.24, 2.45) is 5.92 Å². The number of hydrogen-bond donors (Lipinski definition) is 1. The van der Waals surface area contributed by atoms with E-state index < -0.39 is 6.09 Å². The fourth-order valence-corrected chi connectivity index (χ4v) is 3.66. The molecule has 26 heavy (non-hydrogen) atoms. The topological polar surface area (TPSA) is 77.2 Å². The van der Waals surface area contributed by atoms with Crippen LogP contribution in [0.2, 0.25) is 0 Å². The number of ether oxygens (including phenoxy) is 1. The number of carbonyl (C=O) groups is 1. The summed E-state index contributed by atoms with van der Waals surface area (Å²) in [6, 6.07) is 8.81. The highest BCUT2D eigenvalue weighted by atomic mass is 16.5. The molecule has 1 aromatic carbocycles. The molecule has 1 saturated carbocycles. The summed E-state index contributed by atoms with van der Waals surface area (Å²) in [7, 11) is 0. The summed E-state index contributed by atoms with van der Waals surface area (Å²) in [6.07, 6.45) is 9.62. The molecule has 0 spiro atoms. The van der Waals surface area contributed by atoms with Crippen molar-refractivity contribution in [3.8, 4) is 11.6 Å². The molecular weight excluding hydrogens is 330 g/mol.